The Balaban J connectivity index is 1.66. The monoisotopic (exact) mass is 576 g/mol. The van der Waals surface area contributed by atoms with Crippen molar-refractivity contribution in [2.75, 3.05) is 46.2 Å². The van der Waals surface area contributed by atoms with Gasteiger partial charge in [-0.15, -0.1) is 0 Å². The number of benzene rings is 1. The van der Waals surface area contributed by atoms with Crippen molar-refractivity contribution in [3.05, 3.63) is 45.4 Å². The van der Waals surface area contributed by atoms with E-state index in [4.69, 9.17) is 5.73 Å². The van der Waals surface area contributed by atoms with Gasteiger partial charge in [0.1, 0.15) is 22.8 Å². The first-order valence-corrected chi connectivity index (χ1v) is 13.3. The second-order valence-corrected chi connectivity index (χ2v) is 11.9. The summed E-state index contributed by atoms with van der Waals surface area (Å²) in [6.07, 6.45) is -0.203. The van der Waals surface area contributed by atoms with Crippen LogP contribution < -0.4 is 10.6 Å². The lowest BCUT2D eigenvalue weighted by molar-refractivity contribution is -0.148. The largest absolute Gasteiger partial charge is 0.510 e. The number of likely N-dealkylation sites (N-methyl/N-ethyl adjacent to an activating group) is 1. The number of ketones is 2. The van der Waals surface area contributed by atoms with Crippen LogP contribution in [-0.2, 0) is 22.6 Å². The van der Waals surface area contributed by atoms with Crippen molar-refractivity contribution >= 4 is 23.2 Å². The van der Waals surface area contributed by atoms with Gasteiger partial charge in [0, 0.05) is 50.8 Å². The number of primary amides is 1. The van der Waals surface area contributed by atoms with Crippen LogP contribution >= 0.6 is 0 Å². The van der Waals surface area contributed by atoms with Gasteiger partial charge in [0.15, 0.2) is 11.4 Å². The molecule has 0 radical (unpaired) electrons. The van der Waals surface area contributed by atoms with Crippen molar-refractivity contribution in [3.63, 3.8) is 0 Å². The number of nitrogens with two attached hydrogens (primary N) is 1. The number of phenolic OH excluding ortho intramolecular Hbond substituents is 1. The smallest absolute Gasteiger partial charge is 0.261 e. The summed E-state index contributed by atoms with van der Waals surface area (Å²) in [4.78, 5) is 44.2. The molecule has 4 atom stereocenters. The predicted molar refractivity (Wildman–Crippen MR) is 143 cm³/mol. The maximum Gasteiger partial charge on any atom is 0.261 e. The number of fused-ring (bicyclic) bond motifs is 3. The fourth-order valence-corrected chi connectivity index (χ4v) is 7.23. The molecular formula is C28H34F2N4O7. The molecular weight excluding hydrogens is 542 g/mol. The maximum absolute atomic E-state index is 13.9. The number of aromatic hydroxyl groups is 1. The van der Waals surface area contributed by atoms with Gasteiger partial charge in [-0.25, -0.2) is 8.78 Å². The SMILES string of the molecule is CN(C)c1c(CN2CCC(F)(F)C2)cc(O)c2c1C[C@H]1C[C@H]3[C@H](N(C)C)C(O)=C(C(N)=O)C(=O)[C@@]3(O)C(O)=C1C2=O. The average Bonchev–Trinajstić information content (AvgIpc) is 3.18. The quantitative estimate of drug-likeness (QED) is 0.319. The highest BCUT2D eigenvalue weighted by atomic mass is 19.3. The molecule has 41 heavy (non-hydrogen) atoms. The fraction of sp³-hybridized carbons (Fsp3) is 0.536. The van der Waals surface area contributed by atoms with Crippen LogP contribution in [0.15, 0.2) is 28.7 Å². The summed E-state index contributed by atoms with van der Waals surface area (Å²) in [6, 6.07) is 0.256. The van der Waals surface area contributed by atoms with Gasteiger partial charge in [-0.05, 0) is 50.0 Å². The molecule has 11 nitrogen and oxygen atoms in total. The number of carbonyl (C=O) groups excluding carboxylic acids is 3. The molecule has 1 aliphatic heterocycles. The van der Waals surface area contributed by atoms with Gasteiger partial charge in [-0.2, -0.15) is 0 Å². The number of carbonyl (C=O) groups is 3. The lowest BCUT2D eigenvalue weighted by atomic mass is 9.58. The number of halogens is 2. The molecule has 0 unspecified atom stereocenters. The lowest BCUT2D eigenvalue weighted by Crippen LogP contribution is -2.63. The molecule has 0 bridgehead atoms. The van der Waals surface area contributed by atoms with Crippen LogP contribution in [0.1, 0.15) is 34.3 Å². The third-order valence-electron chi connectivity index (χ3n) is 8.86. The van der Waals surface area contributed by atoms with E-state index in [1.165, 1.54) is 11.0 Å². The van der Waals surface area contributed by atoms with E-state index < -0.39 is 76.3 Å². The molecule has 3 aliphatic carbocycles. The van der Waals surface area contributed by atoms with Crippen molar-refractivity contribution in [2.24, 2.45) is 17.6 Å². The van der Waals surface area contributed by atoms with Crippen molar-refractivity contribution in [3.8, 4) is 5.75 Å². The number of likely N-dealkylation sites (tertiary alicyclic amines) is 1. The summed E-state index contributed by atoms with van der Waals surface area (Å²) in [5, 5.41) is 45.1. The first-order chi connectivity index (χ1) is 19.0. The normalized spacial score (nSPS) is 29.5. The molecule has 0 aromatic heterocycles. The van der Waals surface area contributed by atoms with E-state index in [1.54, 1.807) is 38.0 Å². The zero-order valence-corrected chi connectivity index (χ0v) is 23.2. The molecule has 1 saturated heterocycles. The third kappa shape index (κ3) is 4.20. The topological polar surface area (TPSA) is 168 Å². The Labute approximate surface area is 235 Å². The second-order valence-electron chi connectivity index (χ2n) is 11.9. The molecule has 222 valence electrons. The highest BCUT2D eigenvalue weighted by Gasteiger charge is 2.63. The molecule has 4 aliphatic rings. The van der Waals surface area contributed by atoms with Gasteiger partial charge in [0.2, 0.25) is 5.78 Å². The van der Waals surface area contributed by atoms with E-state index in [0.717, 1.165) is 0 Å². The zero-order chi connectivity index (χ0) is 30.3. The van der Waals surface area contributed by atoms with E-state index in [-0.39, 0.29) is 43.5 Å². The maximum atomic E-state index is 13.9. The number of alkyl halides is 2. The summed E-state index contributed by atoms with van der Waals surface area (Å²) in [6.45, 7) is -0.139. The van der Waals surface area contributed by atoms with Crippen LogP contribution in [0.25, 0.3) is 0 Å². The number of allylic oxidation sites excluding steroid dienone is 1. The van der Waals surface area contributed by atoms with Crippen molar-refractivity contribution < 1.29 is 43.6 Å². The number of nitrogens with zero attached hydrogens (tertiary/aromatic N) is 3. The number of hydrogen-bond acceptors (Lipinski definition) is 10. The molecule has 1 heterocycles. The van der Waals surface area contributed by atoms with Crippen LogP contribution in [0.3, 0.4) is 0 Å². The van der Waals surface area contributed by atoms with Crippen molar-refractivity contribution in [1.82, 2.24) is 9.80 Å². The van der Waals surface area contributed by atoms with E-state index in [2.05, 4.69) is 0 Å². The Hall–Kier alpha value is -3.55. The first-order valence-electron chi connectivity index (χ1n) is 13.3. The van der Waals surface area contributed by atoms with Crippen LogP contribution in [0, 0.1) is 11.8 Å². The fourth-order valence-electron chi connectivity index (χ4n) is 7.23. The highest BCUT2D eigenvalue weighted by Crippen LogP contribution is 2.53. The Bertz CT molecular complexity index is 1440. The molecule has 1 fully saturated rings. The van der Waals surface area contributed by atoms with Crippen LogP contribution in [0.5, 0.6) is 5.75 Å². The lowest BCUT2D eigenvalue weighted by Gasteiger charge is -2.50. The number of aliphatic hydroxyl groups excluding tert-OH is 2. The Morgan fingerprint density at radius 2 is 1.83 bits per heavy atom. The van der Waals surface area contributed by atoms with Crippen LogP contribution in [0.2, 0.25) is 0 Å². The average molecular weight is 577 g/mol. The molecule has 1 aromatic carbocycles. The van der Waals surface area contributed by atoms with Crippen molar-refractivity contribution in [2.45, 2.75) is 43.4 Å². The van der Waals surface area contributed by atoms with Crippen LogP contribution in [-0.4, -0.2) is 107 Å². The number of aliphatic hydroxyl groups is 3. The van der Waals surface area contributed by atoms with E-state index in [0.29, 0.717) is 16.8 Å². The Morgan fingerprint density at radius 3 is 2.37 bits per heavy atom. The Kier molecular flexibility index (Phi) is 6.71. The summed E-state index contributed by atoms with van der Waals surface area (Å²) in [7, 11) is 6.59. The predicted octanol–water partition coefficient (Wildman–Crippen LogP) is 1.03. The number of phenols is 1. The number of rotatable bonds is 5. The summed E-state index contributed by atoms with van der Waals surface area (Å²) in [5.41, 5.74) is 2.97. The number of hydrogen-bond donors (Lipinski definition) is 5. The number of anilines is 1. The van der Waals surface area contributed by atoms with Gasteiger partial charge in [0.25, 0.3) is 11.8 Å². The second kappa shape index (κ2) is 9.50. The van der Waals surface area contributed by atoms with Gasteiger partial charge in [0.05, 0.1) is 18.2 Å². The minimum Gasteiger partial charge on any atom is -0.510 e. The van der Waals surface area contributed by atoms with E-state index in [9.17, 15) is 43.6 Å². The van der Waals surface area contributed by atoms with E-state index >= 15 is 0 Å². The van der Waals surface area contributed by atoms with E-state index in [1.807, 2.05) is 0 Å². The van der Waals surface area contributed by atoms with Gasteiger partial charge in [-0.1, -0.05) is 0 Å². The molecule has 1 aromatic rings. The first kappa shape index (κ1) is 29.0. The molecule has 13 heteroatoms. The minimum absolute atomic E-state index is 0.0397. The summed E-state index contributed by atoms with van der Waals surface area (Å²) in [5.74, 6) is -10.1. The Morgan fingerprint density at radius 1 is 1.17 bits per heavy atom. The van der Waals surface area contributed by atoms with Gasteiger partial charge in [-0.3, -0.25) is 24.2 Å². The van der Waals surface area contributed by atoms with Gasteiger partial charge < -0.3 is 31.1 Å². The molecule has 6 N–H and O–H groups in total. The minimum atomic E-state index is -2.81. The molecule has 0 saturated carbocycles. The highest BCUT2D eigenvalue weighted by molar-refractivity contribution is 6.24. The van der Waals surface area contributed by atoms with Gasteiger partial charge >= 0.3 is 0 Å². The molecule has 5 rings (SSSR count). The summed E-state index contributed by atoms with van der Waals surface area (Å²) >= 11 is 0. The summed E-state index contributed by atoms with van der Waals surface area (Å²) < 4.78 is 27.8. The standard InChI is InChI=1S/C28H34F2N4O7/c1-32(2)20-13(10-34-6-5-27(29,30)11-34)9-16(35)18-14(20)7-12-8-15-21(33(3)4)23(37)19(26(31)40)25(39)28(15,41)24(38)17(12)22(18)36/h9,12,15,21,35,37-38,41H,5-8,10-11H2,1-4H3,(H2,31,40)/t12-,15-,21-,28-/m0/s1. The molecule has 0 spiro atoms. The number of amides is 1. The molecule has 1 amide bonds. The number of Topliss-reactive ketones (excluding diaryl/α,β-unsaturated/α-hetero) is 2. The van der Waals surface area contributed by atoms with Crippen LogP contribution in [0.4, 0.5) is 14.5 Å². The van der Waals surface area contributed by atoms with Crippen molar-refractivity contribution in [1.29, 1.82) is 0 Å². The third-order valence-corrected chi connectivity index (χ3v) is 8.86. The zero-order valence-electron chi connectivity index (χ0n) is 23.2.